The second-order valence-corrected chi connectivity index (χ2v) is 4.03. The number of benzene rings is 1. The average molecular weight is 200 g/mol. The van der Waals surface area contributed by atoms with Gasteiger partial charge in [0, 0.05) is 25.4 Å². The molecule has 0 saturated carbocycles. The lowest BCUT2D eigenvalue weighted by Gasteiger charge is -2.12. The first-order valence-corrected chi connectivity index (χ1v) is 5.22. The van der Waals surface area contributed by atoms with Gasteiger partial charge in [0.1, 0.15) is 5.82 Å². The lowest BCUT2D eigenvalue weighted by molar-refractivity contribution is 0.739. The van der Waals surface area contributed by atoms with E-state index >= 15 is 0 Å². The molecule has 1 atom stereocenters. The molecule has 0 bridgehead atoms. The van der Waals surface area contributed by atoms with E-state index in [4.69, 9.17) is 0 Å². The summed E-state index contributed by atoms with van der Waals surface area (Å²) >= 11 is 0. The number of imidazole rings is 1. The maximum Gasteiger partial charge on any atom is 0.115 e. The van der Waals surface area contributed by atoms with E-state index in [1.54, 1.807) is 0 Å². The van der Waals surface area contributed by atoms with Crippen molar-refractivity contribution in [2.45, 2.75) is 19.8 Å². The van der Waals surface area contributed by atoms with E-state index in [1.807, 2.05) is 19.4 Å². The summed E-state index contributed by atoms with van der Waals surface area (Å²) in [5.74, 6) is 1.46. The van der Waals surface area contributed by atoms with Crippen LogP contribution in [0.15, 0.2) is 36.7 Å². The highest BCUT2D eigenvalue weighted by atomic mass is 15.0. The van der Waals surface area contributed by atoms with Crippen LogP contribution >= 0.6 is 0 Å². The molecule has 2 aromatic rings. The molecule has 2 rings (SSSR count). The molecule has 0 aliphatic carbocycles. The fourth-order valence-electron chi connectivity index (χ4n) is 1.88. The smallest absolute Gasteiger partial charge is 0.115 e. The molecule has 0 spiro atoms. The SMILES string of the molecule is Cc1cccc(C(C)c2nccn2C)c1. The van der Waals surface area contributed by atoms with Crippen LogP contribution in [0, 0.1) is 6.92 Å². The van der Waals surface area contributed by atoms with Gasteiger partial charge in [-0.1, -0.05) is 36.8 Å². The Morgan fingerprint density at radius 3 is 2.73 bits per heavy atom. The van der Waals surface area contributed by atoms with E-state index in [-0.39, 0.29) is 0 Å². The van der Waals surface area contributed by atoms with E-state index in [9.17, 15) is 0 Å². The zero-order valence-corrected chi connectivity index (χ0v) is 9.44. The van der Waals surface area contributed by atoms with Crippen LogP contribution in [0.4, 0.5) is 0 Å². The summed E-state index contributed by atoms with van der Waals surface area (Å²) in [5, 5.41) is 0. The summed E-state index contributed by atoms with van der Waals surface area (Å²) in [6, 6.07) is 8.60. The predicted molar refractivity (Wildman–Crippen MR) is 61.9 cm³/mol. The largest absolute Gasteiger partial charge is 0.338 e. The minimum atomic E-state index is 0.352. The number of hydrogen-bond acceptors (Lipinski definition) is 1. The van der Waals surface area contributed by atoms with Crippen molar-refractivity contribution in [1.82, 2.24) is 9.55 Å². The van der Waals surface area contributed by atoms with Crippen molar-refractivity contribution in [1.29, 1.82) is 0 Å². The standard InChI is InChI=1S/C13H16N2/c1-10-5-4-6-12(9-10)11(2)13-14-7-8-15(13)3/h4-9,11H,1-3H3. The van der Waals surface area contributed by atoms with E-state index in [0.29, 0.717) is 5.92 Å². The van der Waals surface area contributed by atoms with Gasteiger partial charge in [-0.3, -0.25) is 0 Å². The van der Waals surface area contributed by atoms with Crippen LogP contribution in [0.3, 0.4) is 0 Å². The highest BCUT2D eigenvalue weighted by Crippen LogP contribution is 2.22. The van der Waals surface area contributed by atoms with E-state index < -0.39 is 0 Å². The van der Waals surface area contributed by atoms with Crippen molar-refractivity contribution in [2.75, 3.05) is 0 Å². The lowest BCUT2D eigenvalue weighted by Crippen LogP contribution is -2.04. The molecule has 1 unspecified atom stereocenters. The Hall–Kier alpha value is -1.57. The van der Waals surface area contributed by atoms with Crippen LogP contribution in [-0.2, 0) is 7.05 Å². The molecule has 0 aliphatic rings. The number of hydrogen-bond donors (Lipinski definition) is 0. The van der Waals surface area contributed by atoms with Crippen LogP contribution in [0.25, 0.3) is 0 Å². The Morgan fingerprint density at radius 2 is 2.13 bits per heavy atom. The molecule has 0 amide bonds. The van der Waals surface area contributed by atoms with Crippen molar-refractivity contribution in [3.63, 3.8) is 0 Å². The average Bonchev–Trinajstić information content (AvgIpc) is 2.63. The van der Waals surface area contributed by atoms with Crippen molar-refractivity contribution < 1.29 is 0 Å². The quantitative estimate of drug-likeness (QED) is 0.729. The molecule has 1 aromatic heterocycles. The molecule has 0 aliphatic heterocycles. The van der Waals surface area contributed by atoms with Gasteiger partial charge in [0.2, 0.25) is 0 Å². The molecule has 2 heteroatoms. The summed E-state index contributed by atoms with van der Waals surface area (Å²) in [6.45, 7) is 4.31. The van der Waals surface area contributed by atoms with Gasteiger partial charge in [-0.25, -0.2) is 4.98 Å². The van der Waals surface area contributed by atoms with E-state index in [1.165, 1.54) is 11.1 Å². The molecule has 0 saturated heterocycles. The van der Waals surface area contributed by atoms with Gasteiger partial charge in [0.15, 0.2) is 0 Å². The zero-order chi connectivity index (χ0) is 10.8. The maximum atomic E-state index is 4.38. The fraction of sp³-hybridized carbons (Fsp3) is 0.308. The molecular formula is C13H16N2. The normalized spacial score (nSPS) is 12.7. The second-order valence-electron chi connectivity index (χ2n) is 4.03. The fourth-order valence-corrected chi connectivity index (χ4v) is 1.88. The Bertz CT molecular complexity index is 457. The summed E-state index contributed by atoms with van der Waals surface area (Å²) in [6.07, 6.45) is 3.84. The first kappa shape index (κ1) is 9.97. The summed E-state index contributed by atoms with van der Waals surface area (Å²) in [4.78, 5) is 4.38. The van der Waals surface area contributed by atoms with Crippen molar-refractivity contribution in [2.24, 2.45) is 7.05 Å². The lowest BCUT2D eigenvalue weighted by atomic mass is 9.99. The van der Waals surface area contributed by atoms with Gasteiger partial charge < -0.3 is 4.57 Å². The minimum Gasteiger partial charge on any atom is -0.338 e. The number of nitrogens with zero attached hydrogens (tertiary/aromatic N) is 2. The molecule has 78 valence electrons. The molecule has 0 radical (unpaired) electrons. The summed E-state index contributed by atoms with van der Waals surface area (Å²) in [7, 11) is 2.04. The van der Waals surface area contributed by atoms with Crippen molar-refractivity contribution in [3.05, 3.63) is 53.6 Å². The summed E-state index contributed by atoms with van der Waals surface area (Å²) in [5.41, 5.74) is 2.62. The minimum absolute atomic E-state index is 0.352. The van der Waals surface area contributed by atoms with E-state index in [2.05, 4.69) is 47.7 Å². The first-order valence-electron chi connectivity index (χ1n) is 5.22. The molecule has 15 heavy (non-hydrogen) atoms. The zero-order valence-electron chi connectivity index (χ0n) is 9.44. The number of aromatic nitrogens is 2. The highest BCUT2D eigenvalue weighted by Gasteiger charge is 2.12. The molecule has 1 aromatic carbocycles. The van der Waals surface area contributed by atoms with Crippen molar-refractivity contribution >= 4 is 0 Å². The van der Waals surface area contributed by atoms with E-state index in [0.717, 1.165) is 5.82 Å². The van der Waals surface area contributed by atoms with Gasteiger partial charge >= 0.3 is 0 Å². The van der Waals surface area contributed by atoms with Crippen LogP contribution in [0.2, 0.25) is 0 Å². The van der Waals surface area contributed by atoms with Gasteiger partial charge in [0.25, 0.3) is 0 Å². The Balaban J connectivity index is 2.36. The van der Waals surface area contributed by atoms with Crippen molar-refractivity contribution in [3.8, 4) is 0 Å². The third kappa shape index (κ3) is 1.94. The predicted octanol–water partition coefficient (Wildman–Crippen LogP) is 2.88. The molecule has 0 N–H and O–H groups in total. The van der Waals surface area contributed by atoms with Gasteiger partial charge in [0.05, 0.1) is 0 Å². The highest BCUT2D eigenvalue weighted by molar-refractivity contribution is 5.29. The van der Waals surface area contributed by atoms with Gasteiger partial charge in [-0.05, 0) is 12.5 Å². The maximum absolute atomic E-state index is 4.38. The Kier molecular flexibility index (Phi) is 2.58. The first-order chi connectivity index (χ1) is 7.18. The molecule has 0 fully saturated rings. The van der Waals surface area contributed by atoms with Crippen LogP contribution < -0.4 is 0 Å². The number of aryl methyl sites for hydroxylation is 2. The monoisotopic (exact) mass is 200 g/mol. The third-order valence-corrected chi connectivity index (χ3v) is 2.79. The topological polar surface area (TPSA) is 17.8 Å². The second kappa shape index (κ2) is 3.89. The third-order valence-electron chi connectivity index (χ3n) is 2.79. The van der Waals surface area contributed by atoms with Crippen LogP contribution in [-0.4, -0.2) is 9.55 Å². The Morgan fingerprint density at radius 1 is 1.33 bits per heavy atom. The molecule has 2 nitrogen and oxygen atoms in total. The summed E-state index contributed by atoms with van der Waals surface area (Å²) < 4.78 is 2.08. The van der Waals surface area contributed by atoms with Crippen LogP contribution in [0.5, 0.6) is 0 Å². The van der Waals surface area contributed by atoms with Crippen LogP contribution in [0.1, 0.15) is 29.8 Å². The van der Waals surface area contributed by atoms with Gasteiger partial charge in [-0.2, -0.15) is 0 Å². The molecular weight excluding hydrogens is 184 g/mol. The number of rotatable bonds is 2. The van der Waals surface area contributed by atoms with Gasteiger partial charge in [-0.15, -0.1) is 0 Å². The Labute approximate surface area is 90.6 Å². The molecule has 1 heterocycles.